The first-order valence-electron chi connectivity index (χ1n) is 4.55. The van der Waals surface area contributed by atoms with Crippen molar-refractivity contribution in [2.24, 2.45) is 0 Å². The number of carbonyl (C=O) groups is 1. The van der Waals surface area contributed by atoms with Crippen LogP contribution in [0.5, 0.6) is 5.88 Å². The Morgan fingerprint density at radius 2 is 2.12 bits per heavy atom. The molecule has 0 bridgehead atoms. The molecule has 0 atom stereocenters. The fourth-order valence-corrected chi connectivity index (χ4v) is 2.09. The van der Waals surface area contributed by atoms with Crippen molar-refractivity contribution in [1.29, 1.82) is 0 Å². The van der Waals surface area contributed by atoms with Crippen LogP contribution in [0.2, 0.25) is 0 Å². The molecule has 0 aliphatic carbocycles. The van der Waals surface area contributed by atoms with Gasteiger partial charge in [0.05, 0.1) is 0 Å². The largest absolute Gasteiger partial charge is 0.552 e. The number of hydrogen-bond donors (Lipinski definition) is 1. The highest BCUT2D eigenvalue weighted by Gasteiger charge is 2.23. The Labute approximate surface area is 102 Å². The molecule has 2 radical (unpaired) electrons. The third-order valence-electron chi connectivity index (χ3n) is 1.89. The van der Waals surface area contributed by atoms with Gasteiger partial charge in [0.15, 0.2) is 0 Å². The fraction of sp³-hybridized carbons (Fsp3) is 0. The van der Waals surface area contributed by atoms with E-state index in [4.69, 9.17) is 13.2 Å². The van der Waals surface area contributed by atoms with Crippen LogP contribution in [0, 0.1) is 0 Å². The monoisotopic (exact) mass is 247 g/mol. The van der Waals surface area contributed by atoms with Gasteiger partial charge in [-0.15, -0.1) is 0 Å². The molecule has 2 aromatic rings. The van der Waals surface area contributed by atoms with E-state index in [0.29, 0.717) is 0 Å². The van der Waals surface area contributed by atoms with Crippen molar-refractivity contribution in [2.75, 3.05) is 0 Å². The first kappa shape index (κ1) is 11.6. The minimum Gasteiger partial charge on any atom is -0.552 e. The zero-order valence-corrected chi connectivity index (χ0v) is 9.31. The molecule has 5 nitrogen and oxygen atoms in total. The van der Waals surface area contributed by atoms with Gasteiger partial charge in [-0.1, -0.05) is 30.0 Å². The maximum Gasteiger partial charge on any atom is 0.376 e. The van der Waals surface area contributed by atoms with E-state index in [9.17, 15) is 4.79 Å². The summed E-state index contributed by atoms with van der Waals surface area (Å²) < 4.78 is 9.10. The summed E-state index contributed by atoms with van der Waals surface area (Å²) >= 11 is 1.16. The highest BCUT2D eigenvalue weighted by atomic mass is 32.2. The summed E-state index contributed by atoms with van der Waals surface area (Å²) in [6, 6.07) is 9.17. The molecule has 1 heterocycles. The summed E-state index contributed by atoms with van der Waals surface area (Å²) in [5.74, 6) is -1.56. The first-order valence-corrected chi connectivity index (χ1v) is 5.36. The van der Waals surface area contributed by atoms with E-state index in [1.54, 1.807) is 0 Å². The molecule has 0 fully saturated rings. The third kappa shape index (κ3) is 2.44. The maximum absolute atomic E-state index is 10.9. The van der Waals surface area contributed by atoms with Crippen molar-refractivity contribution in [1.82, 2.24) is 5.16 Å². The lowest BCUT2D eigenvalue weighted by Gasteiger charge is -2.01. The normalized spacial score (nSPS) is 10.1. The van der Waals surface area contributed by atoms with Crippen LogP contribution in [0.1, 0.15) is 10.6 Å². The van der Waals surface area contributed by atoms with Crippen molar-refractivity contribution < 1.29 is 19.1 Å². The smallest absolute Gasteiger partial charge is 0.376 e. The predicted octanol–water partition coefficient (Wildman–Crippen LogP) is 1.99. The van der Waals surface area contributed by atoms with Gasteiger partial charge >= 0.3 is 14.0 Å². The summed E-state index contributed by atoms with van der Waals surface area (Å²) in [7, 11) is 4.99. The molecular weight excluding hydrogens is 241 g/mol. The summed E-state index contributed by atoms with van der Waals surface area (Å²) in [5.41, 5.74) is 0. The Hall–Kier alpha value is -1.89. The van der Waals surface area contributed by atoms with Gasteiger partial charge in [0.2, 0.25) is 0 Å². The lowest BCUT2D eigenvalue weighted by Crippen LogP contribution is -1.96. The molecule has 0 amide bonds. The van der Waals surface area contributed by atoms with Crippen LogP contribution < -0.4 is 4.65 Å². The maximum atomic E-state index is 10.9. The molecule has 84 valence electrons. The van der Waals surface area contributed by atoms with E-state index in [1.807, 2.05) is 30.3 Å². The Morgan fingerprint density at radius 3 is 2.71 bits per heavy atom. The van der Waals surface area contributed by atoms with E-state index >= 15 is 0 Å². The van der Waals surface area contributed by atoms with Gasteiger partial charge in [0, 0.05) is 4.90 Å². The molecule has 0 saturated carbocycles. The van der Waals surface area contributed by atoms with Gasteiger partial charge in [-0.2, -0.15) is 0 Å². The predicted molar refractivity (Wildman–Crippen MR) is 60.4 cm³/mol. The van der Waals surface area contributed by atoms with Gasteiger partial charge in [0.25, 0.3) is 11.6 Å². The van der Waals surface area contributed by atoms with Gasteiger partial charge in [-0.25, -0.2) is 4.79 Å². The number of nitrogens with zero attached hydrogens (tertiary/aromatic N) is 1. The standard InChI is InChI=1S/C10H6BNO4S/c11-15-9-8(7(10(13)14)16-12-9)17-6-4-2-1-3-5-6/h1-5H,(H,13,14). The number of aromatic carboxylic acids is 1. The van der Waals surface area contributed by atoms with Gasteiger partial charge < -0.3 is 14.3 Å². The minimum absolute atomic E-state index is 0.0451. The van der Waals surface area contributed by atoms with E-state index in [0.717, 1.165) is 16.7 Å². The molecule has 0 unspecified atom stereocenters. The van der Waals surface area contributed by atoms with Gasteiger partial charge in [-0.3, -0.25) is 0 Å². The molecule has 1 aromatic heterocycles. The molecule has 0 saturated heterocycles. The van der Waals surface area contributed by atoms with Crippen molar-refractivity contribution >= 4 is 25.8 Å². The molecule has 1 aromatic carbocycles. The van der Waals surface area contributed by atoms with Crippen molar-refractivity contribution in [3.8, 4) is 5.88 Å². The van der Waals surface area contributed by atoms with Crippen LogP contribution in [-0.4, -0.2) is 24.3 Å². The second-order valence-corrected chi connectivity index (χ2v) is 4.07. The highest BCUT2D eigenvalue weighted by molar-refractivity contribution is 7.99. The molecule has 1 N–H and O–H groups in total. The summed E-state index contributed by atoms with van der Waals surface area (Å²) in [4.78, 5) is 12.0. The van der Waals surface area contributed by atoms with Crippen LogP contribution in [0.15, 0.2) is 44.6 Å². The van der Waals surface area contributed by atoms with Crippen LogP contribution >= 0.6 is 11.8 Å². The minimum atomic E-state index is -1.22. The molecule has 7 heteroatoms. The Bertz CT molecular complexity index is 528. The van der Waals surface area contributed by atoms with E-state index in [-0.39, 0.29) is 16.5 Å². The number of carboxylic acids is 1. The molecule has 17 heavy (non-hydrogen) atoms. The number of carboxylic acid groups (broad SMARTS) is 1. The Kier molecular flexibility index (Phi) is 3.39. The quantitative estimate of drug-likeness (QED) is 0.833. The summed E-state index contributed by atoms with van der Waals surface area (Å²) in [6.07, 6.45) is 0. The van der Waals surface area contributed by atoms with E-state index in [2.05, 4.69) is 14.3 Å². The molecular formula is C10H6BNO4S. The number of hydrogen-bond acceptors (Lipinski definition) is 5. The van der Waals surface area contributed by atoms with E-state index in [1.165, 1.54) is 0 Å². The zero-order valence-electron chi connectivity index (χ0n) is 8.49. The van der Waals surface area contributed by atoms with Gasteiger partial charge in [0.1, 0.15) is 4.90 Å². The van der Waals surface area contributed by atoms with Crippen molar-refractivity contribution in [3.63, 3.8) is 0 Å². The molecule has 0 aliphatic heterocycles. The zero-order chi connectivity index (χ0) is 12.3. The van der Waals surface area contributed by atoms with Crippen LogP contribution in [-0.2, 0) is 0 Å². The number of rotatable bonds is 4. The van der Waals surface area contributed by atoms with Crippen molar-refractivity contribution in [2.45, 2.75) is 9.79 Å². The van der Waals surface area contributed by atoms with Crippen LogP contribution in [0.4, 0.5) is 0 Å². The van der Waals surface area contributed by atoms with Crippen LogP contribution in [0.3, 0.4) is 0 Å². The van der Waals surface area contributed by atoms with Crippen molar-refractivity contribution in [3.05, 3.63) is 36.1 Å². The molecule has 0 aliphatic rings. The average Bonchev–Trinajstić information content (AvgIpc) is 2.73. The third-order valence-corrected chi connectivity index (χ3v) is 2.96. The highest BCUT2D eigenvalue weighted by Crippen LogP contribution is 2.37. The lowest BCUT2D eigenvalue weighted by atomic mass is 10.4. The lowest BCUT2D eigenvalue weighted by molar-refractivity contribution is 0.0647. The SMILES string of the molecule is [B]Oc1noc(C(=O)O)c1Sc1ccccc1. The molecule has 0 spiro atoms. The summed E-state index contributed by atoms with van der Waals surface area (Å²) in [6.45, 7) is 0. The second kappa shape index (κ2) is 4.96. The first-order chi connectivity index (χ1) is 8.22. The Morgan fingerprint density at radius 1 is 1.41 bits per heavy atom. The summed E-state index contributed by atoms with van der Waals surface area (Å²) in [5, 5.41) is 12.3. The second-order valence-electron chi connectivity index (χ2n) is 2.98. The van der Waals surface area contributed by atoms with Gasteiger partial charge in [-0.05, 0) is 17.3 Å². The van der Waals surface area contributed by atoms with E-state index < -0.39 is 5.97 Å². The number of benzene rings is 1. The molecule has 2 rings (SSSR count). The number of aromatic nitrogens is 1. The van der Waals surface area contributed by atoms with Crippen LogP contribution in [0.25, 0.3) is 0 Å². The average molecular weight is 247 g/mol. The fourth-order valence-electron chi connectivity index (χ4n) is 1.17. The Balaban J connectivity index is 2.37. The topological polar surface area (TPSA) is 72.6 Å².